The highest BCUT2D eigenvalue weighted by Gasteiger charge is 2.25. The van der Waals surface area contributed by atoms with Crippen LogP contribution < -0.4 is 5.32 Å². The zero-order chi connectivity index (χ0) is 17.8. The number of halogens is 1. The van der Waals surface area contributed by atoms with Crippen molar-refractivity contribution in [1.82, 2.24) is 19.8 Å². The highest BCUT2D eigenvalue weighted by molar-refractivity contribution is 5.93. The van der Waals surface area contributed by atoms with Crippen molar-refractivity contribution in [2.75, 3.05) is 19.6 Å². The van der Waals surface area contributed by atoms with E-state index in [0.29, 0.717) is 36.9 Å². The predicted molar refractivity (Wildman–Crippen MR) is 90.8 cm³/mol. The summed E-state index contributed by atoms with van der Waals surface area (Å²) in [5.74, 6) is -0.0329. The van der Waals surface area contributed by atoms with Gasteiger partial charge >= 0.3 is 0 Å². The lowest BCUT2D eigenvalue weighted by molar-refractivity contribution is -0.119. The fourth-order valence-electron chi connectivity index (χ4n) is 3.05. The molecule has 2 heterocycles. The van der Waals surface area contributed by atoms with Crippen LogP contribution in [0.5, 0.6) is 0 Å². The van der Waals surface area contributed by atoms with Crippen LogP contribution in [0.4, 0.5) is 4.39 Å². The number of rotatable bonds is 4. The first-order chi connectivity index (χ1) is 12.0. The topological polar surface area (TPSA) is 67.2 Å². The van der Waals surface area contributed by atoms with Crippen LogP contribution in [0.25, 0.3) is 5.69 Å². The van der Waals surface area contributed by atoms with Crippen LogP contribution in [0.1, 0.15) is 30.3 Å². The van der Waals surface area contributed by atoms with Crippen LogP contribution in [-0.2, 0) is 4.79 Å². The molecule has 7 heteroatoms. The molecular weight excluding hydrogens is 323 g/mol. The van der Waals surface area contributed by atoms with Crippen molar-refractivity contribution in [3.05, 3.63) is 48.3 Å². The molecule has 2 amide bonds. The van der Waals surface area contributed by atoms with E-state index in [1.807, 2.05) is 0 Å². The van der Waals surface area contributed by atoms with Crippen molar-refractivity contribution in [2.45, 2.75) is 19.8 Å². The number of carbonyl (C=O) groups is 2. The zero-order valence-electron chi connectivity index (χ0n) is 14.1. The lowest BCUT2D eigenvalue weighted by Gasteiger charge is -2.32. The summed E-state index contributed by atoms with van der Waals surface area (Å²) in [4.78, 5) is 29.7. The Morgan fingerprint density at radius 3 is 2.56 bits per heavy atom. The first-order valence-electron chi connectivity index (χ1n) is 8.36. The molecule has 0 spiro atoms. The number of carbonyl (C=O) groups excluding carboxylic acids is 2. The van der Waals surface area contributed by atoms with E-state index in [2.05, 4.69) is 10.3 Å². The smallest absolute Gasteiger partial charge is 0.272 e. The first kappa shape index (κ1) is 17.1. The van der Waals surface area contributed by atoms with Gasteiger partial charge in [0, 0.05) is 32.2 Å². The molecule has 0 bridgehead atoms. The summed E-state index contributed by atoms with van der Waals surface area (Å²) in [5.41, 5.74) is 1.16. The molecule has 1 aromatic heterocycles. The summed E-state index contributed by atoms with van der Waals surface area (Å²) in [7, 11) is 0. The maximum Gasteiger partial charge on any atom is 0.272 e. The molecular formula is C18H21FN4O2. The van der Waals surface area contributed by atoms with E-state index in [1.165, 1.54) is 25.3 Å². The van der Waals surface area contributed by atoms with Crippen molar-refractivity contribution in [2.24, 2.45) is 5.92 Å². The van der Waals surface area contributed by atoms with Crippen molar-refractivity contribution in [3.63, 3.8) is 0 Å². The van der Waals surface area contributed by atoms with Gasteiger partial charge in [0.15, 0.2) is 0 Å². The minimum absolute atomic E-state index is 0.0262. The van der Waals surface area contributed by atoms with Crippen molar-refractivity contribution in [3.8, 4) is 5.69 Å². The molecule has 0 radical (unpaired) electrons. The number of piperidine rings is 1. The Hall–Kier alpha value is -2.70. The molecule has 0 atom stereocenters. The number of nitrogens with one attached hydrogen (secondary N) is 1. The normalized spacial score (nSPS) is 15.2. The second kappa shape index (κ2) is 7.46. The molecule has 0 saturated carbocycles. The zero-order valence-corrected chi connectivity index (χ0v) is 14.1. The van der Waals surface area contributed by atoms with Gasteiger partial charge < -0.3 is 10.2 Å². The highest BCUT2D eigenvalue weighted by Crippen LogP contribution is 2.20. The maximum absolute atomic E-state index is 13.1. The van der Waals surface area contributed by atoms with E-state index in [4.69, 9.17) is 0 Å². The Labute approximate surface area is 145 Å². The second-order valence-electron chi connectivity index (χ2n) is 6.30. The summed E-state index contributed by atoms with van der Waals surface area (Å²) >= 11 is 0. The Morgan fingerprint density at radius 1 is 1.24 bits per heavy atom. The van der Waals surface area contributed by atoms with Gasteiger partial charge in [0.05, 0.1) is 12.5 Å². The second-order valence-corrected chi connectivity index (χ2v) is 6.30. The number of nitrogens with zero attached hydrogens (tertiary/aromatic N) is 3. The molecule has 1 aromatic carbocycles. The number of hydrogen-bond donors (Lipinski definition) is 1. The SMILES string of the molecule is CC(=O)NCC1CCN(C(=O)c2cncn2-c2ccc(F)cc2)CC1. The van der Waals surface area contributed by atoms with Crippen LogP contribution in [0.3, 0.4) is 0 Å². The van der Waals surface area contributed by atoms with E-state index >= 15 is 0 Å². The minimum atomic E-state index is -0.321. The van der Waals surface area contributed by atoms with Crippen molar-refractivity contribution in [1.29, 1.82) is 0 Å². The van der Waals surface area contributed by atoms with Crippen molar-refractivity contribution >= 4 is 11.8 Å². The summed E-state index contributed by atoms with van der Waals surface area (Å²) in [6, 6.07) is 5.95. The van der Waals surface area contributed by atoms with E-state index in [0.717, 1.165) is 12.8 Å². The summed E-state index contributed by atoms with van der Waals surface area (Å²) in [5, 5.41) is 2.83. The van der Waals surface area contributed by atoms with Gasteiger partial charge in [-0.05, 0) is 43.0 Å². The molecule has 1 saturated heterocycles. The molecule has 25 heavy (non-hydrogen) atoms. The lowest BCUT2D eigenvalue weighted by Crippen LogP contribution is -2.41. The van der Waals surface area contributed by atoms with E-state index in [9.17, 15) is 14.0 Å². The fourth-order valence-corrected chi connectivity index (χ4v) is 3.05. The molecule has 6 nitrogen and oxygen atoms in total. The number of hydrogen-bond acceptors (Lipinski definition) is 3. The van der Waals surface area contributed by atoms with Gasteiger partial charge in [-0.2, -0.15) is 0 Å². The summed E-state index contributed by atoms with van der Waals surface area (Å²) in [6.07, 6.45) is 4.81. The Morgan fingerprint density at radius 2 is 1.92 bits per heavy atom. The lowest BCUT2D eigenvalue weighted by atomic mass is 9.96. The third-order valence-corrected chi connectivity index (χ3v) is 4.50. The van der Waals surface area contributed by atoms with Gasteiger partial charge in [0.2, 0.25) is 5.91 Å². The molecule has 2 aromatic rings. The number of likely N-dealkylation sites (tertiary alicyclic amines) is 1. The number of imidazole rings is 1. The molecule has 3 rings (SSSR count). The molecule has 1 fully saturated rings. The van der Waals surface area contributed by atoms with E-state index < -0.39 is 0 Å². The highest BCUT2D eigenvalue weighted by atomic mass is 19.1. The third kappa shape index (κ3) is 4.04. The molecule has 1 aliphatic rings. The molecule has 132 valence electrons. The standard InChI is InChI=1S/C18H21FN4O2/c1-13(24)21-10-14-6-8-22(9-7-14)18(25)17-11-20-12-23(17)16-4-2-15(19)3-5-16/h2-5,11-12,14H,6-10H2,1H3,(H,21,24). The molecule has 0 aliphatic carbocycles. The maximum atomic E-state index is 13.1. The van der Waals surface area contributed by atoms with Crippen LogP contribution in [0.15, 0.2) is 36.8 Å². The quantitative estimate of drug-likeness (QED) is 0.922. The van der Waals surface area contributed by atoms with Crippen LogP contribution in [0.2, 0.25) is 0 Å². The fraction of sp³-hybridized carbons (Fsp3) is 0.389. The van der Waals surface area contributed by atoms with Gasteiger partial charge in [0.1, 0.15) is 11.5 Å². The first-order valence-corrected chi connectivity index (χ1v) is 8.36. The third-order valence-electron chi connectivity index (χ3n) is 4.50. The van der Waals surface area contributed by atoms with Gasteiger partial charge in [0.25, 0.3) is 5.91 Å². The average molecular weight is 344 g/mol. The molecule has 1 aliphatic heterocycles. The monoisotopic (exact) mass is 344 g/mol. The van der Waals surface area contributed by atoms with Gasteiger partial charge in [-0.1, -0.05) is 0 Å². The van der Waals surface area contributed by atoms with Gasteiger partial charge in [-0.15, -0.1) is 0 Å². The van der Waals surface area contributed by atoms with Crippen LogP contribution >= 0.6 is 0 Å². The Balaban J connectivity index is 1.66. The summed E-state index contributed by atoms with van der Waals surface area (Å²) < 4.78 is 14.8. The van der Waals surface area contributed by atoms with Crippen molar-refractivity contribution < 1.29 is 14.0 Å². The number of aromatic nitrogens is 2. The predicted octanol–water partition coefficient (Wildman–Crippen LogP) is 2.00. The van der Waals surface area contributed by atoms with Gasteiger partial charge in [-0.25, -0.2) is 9.37 Å². The number of benzene rings is 1. The van der Waals surface area contributed by atoms with Gasteiger partial charge in [-0.3, -0.25) is 14.2 Å². The largest absolute Gasteiger partial charge is 0.356 e. The summed E-state index contributed by atoms with van der Waals surface area (Å²) in [6.45, 7) is 3.47. The van der Waals surface area contributed by atoms with E-state index in [-0.39, 0.29) is 17.6 Å². The Kier molecular flexibility index (Phi) is 5.11. The molecule has 0 unspecified atom stereocenters. The van der Waals surface area contributed by atoms with Crippen LogP contribution in [0, 0.1) is 11.7 Å². The number of amides is 2. The van der Waals surface area contributed by atoms with E-state index in [1.54, 1.807) is 27.9 Å². The minimum Gasteiger partial charge on any atom is -0.356 e. The average Bonchev–Trinajstić information content (AvgIpc) is 3.10. The van der Waals surface area contributed by atoms with Crippen LogP contribution in [-0.4, -0.2) is 45.9 Å². The Bertz CT molecular complexity index is 749. The molecule has 1 N–H and O–H groups in total.